The molecule has 1 amide bonds. The Balaban J connectivity index is 1.48. The van der Waals surface area contributed by atoms with Gasteiger partial charge in [-0.15, -0.1) is 0 Å². The van der Waals surface area contributed by atoms with Crippen molar-refractivity contribution in [2.45, 2.75) is 31.2 Å². The highest BCUT2D eigenvalue weighted by atomic mass is 16.6. The first-order valence-electron chi connectivity index (χ1n) is 9.37. The van der Waals surface area contributed by atoms with Gasteiger partial charge in [0.25, 0.3) is 0 Å². The number of fused-ring (bicyclic) bond motifs is 1. The smallest absolute Gasteiger partial charge is 0.313 e. The minimum Gasteiger partial charge on any atom is -0.486 e. The minimum atomic E-state index is -0.767. The topological polar surface area (TPSA) is 92.7 Å². The zero-order valence-corrected chi connectivity index (χ0v) is 14.7. The lowest BCUT2D eigenvalue weighted by atomic mass is 9.84. The zero-order chi connectivity index (χ0) is 18.1. The number of carboxylic acids is 1. The number of benzene rings is 1. The van der Waals surface area contributed by atoms with E-state index in [-0.39, 0.29) is 17.9 Å². The van der Waals surface area contributed by atoms with Gasteiger partial charge in [0.2, 0.25) is 5.91 Å². The molecule has 3 aliphatic heterocycles. The summed E-state index contributed by atoms with van der Waals surface area (Å²) in [6, 6.07) is 5.74. The van der Waals surface area contributed by atoms with Crippen molar-refractivity contribution in [3.63, 3.8) is 0 Å². The second-order valence-electron chi connectivity index (χ2n) is 7.28. The minimum absolute atomic E-state index is 0.0147. The SMILES string of the molecule is O=C(O)[C@H]1C(CCN2CCCC2=O)[NH2+]CC1c1ccc2c(c1)OCCO2. The number of hydrogen-bond acceptors (Lipinski definition) is 4. The van der Waals surface area contributed by atoms with Crippen molar-refractivity contribution in [1.29, 1.82) is 0 Å². The molecule has 1 aromatic carbocycles. The van der Waals surface area contributed by atoms with Crippen molar-refractivity contribution in [3.8, 4) is 11.5 Å². The van der Waals surface area contributed by atoms with E-state index in [1.807, 2.05) is 23.1 Å². The van der Waals surface area contributed by atoms with Crippen LogP contribution >= 0.6 is 0 Å². The van der Waals surface area contributed by atoms with E-state index >= 15 is 0 Å². The Morgan fingerprint density at radius 1 is 1.27 bits per heavy atom. The number of quaternary nitrogens is 1. The molecule has 3 aliphatic rings. The van der Waals surface area contributed by atoms with Crippen LogP contribution in [-0.2, 0) is 9.59 Å². The lowest BCUT2D eigenvalue weighted by Gasteiger charge is -2.22. The number of hydrogen-bond donors (Lipinski definition) is 2. The van der Waals surface area contributed by atoms with Crippen molar-refractivity contribution >= 4 is 11.9 Å². The predicted octanol–water partition coefficient (Wildman–Crippen LogP) is 0.200. The molecule has 4 rings (SSSR count). The van der Waals surface area contributed by atoms with Gasteiger partial charge < -0.3 is 24.8 Å². The Kier molecular flexibility index (Phi) is 4.72. The molecule has 26 heavy (non-hydrogen) atoms. The number of carbonyl (C=O) groups is 2. The van der Waals surface area contributed by atoms with Crippen molar-refractivity contribution in [2.75, 3.05) is 32.8 Å². The number of nitrogens with two attached hydrogens (primary N) is 1. The van der Waals surface area contributed by atoms with Crippen LogP contribution in [0.2, 0.25) is 0 Å². The summed E-state index contributed by atoms with van der Waals surface area (Å²) in [5, 5.41) is 12.0. The van der Waals surface area contributed by atoms with Crippen LogP contribution in [0.15, 0.2) is 18.2 Å². The van der Waals surface area contributed by atoms with Gasteiger partial charge in [-0.1, -0.05) is 6.07 Å². The van der Waals surface area contributed by atoms with E-state index in [0.717, 1.165) is 30.8 Å². The number of carbonyl (C=O) groups excluding carboxylic acids is 1. The maximum atomic E-state index is 12.0. The summed E-state index contributed by atoms with van der Waals surface area (Å²) in [6.07, 6.45) is 2.25. The standard InChI is InChI=1S/C19H24N2O5/c22-17-2-1-6-21(17)7-5-14-18(19(23)24)13(11-20-14)12-3-4-15-16(10-12)26-9-8-25-15/h3-4,10,13-14,18,20H,1-2,5-9,11H2,(H,23,24)/p+1/t13?,14?,18-/m1/s1. The Labute approximate surface area is 152 Å². The number of aliphatic carboxylic acids is 1. The summed E-state index contributed by atoms with van der Waals surface area (Å²) in [6.45, 7) is 3.24. The molecule has 7 nitrogen and oxygen atoms in total. The van der Waals surface area contributed by atoms with E-state index < -0.39 is 11.9 Å². The highest BCUT2D eigenvalue weighted by molar-refractivity contribution is 5.78. The lowest BCUT2D eigenvalue weighted by molar-refractivity contribution is -0.673. The van der Waals surface area contributed by atoms with Gasteiger partial charge in [-0.05, 0) is 24.1 Å². The van der Waals surface area contributed by atoms with E-state index in [2.05, 4.69) is 5.32 Å². The molecule has 3 N–H and O–H groups in total. The lowest BCUT2D eigenvalue weighted by Crippen LogP contribution is -2.87. The molecule has 2 fully saturated rings. The molecule has 0 spiro atoms. The Bertz CT molecular complexity index is 707. The van der Waals surface area contributed by atoms with E-state index in [9.17, 15) is 14.7 Å². The first kappa shape index (κ1) is 17.1. The third kappa shape index (κ3) is 3.23. The Hall–Kier alpha value is -2.28. The normalized spacial score (nSPS) is 27.8. The van der Waals surface area contributed by atoms with E-state index in [0.29, 0.717) is 38.3 Å². The number of carboxylic acid groups (broad SMARTS) is 1. The van der Waals surface area contributed by atoms with E-state index in [1.54, 1.807) is 0 Å². The molecular weight excluding hydrogens is 336 g/mol. The molecule has 0 bridgehead atoms. The maximum Gasteiger partial charge on any atom is 0.313 e. The number of nitrogens with zero attached hydrogens (tertiary/aromatic N) is 1. The second-order valence-corrected chi connectivity index (χ2v) is 7.28. The molecule has 0 aliphatic carbocycles. The fourth-order valence-electron chi connectivity index (χ4n) is 4.45. The van der Waals surface area contributed by atoms with Gasteiger partial charge in [-0.25, -0.2) is 0 Å². The Morgan fingerprint density at radius 2 is 2.08 bits per heavy atom. The number of likely N-dealkylation sites (tertiary alicyclic amines) is 1. The van der Waals surface area contributed by atoms with Gasteiger partial charge in [0.15, 0.2) is 11.5 Å². The average molecular weight is 361 g/mol. The van der Waals surface area contributed by atoms with Crippen LogP contribution in [0, 0.1) is 5.92 Å². The zero-order valence-electron chi connectivity index (χ0n) is 14.7. The fraction of sp³-hybridized carbons (Fsp3) is 0.579. The number of amides is 1. The largest absolute Gasteiger partial charge is 0.486 e. The quantitative estimate of drug-likeness (QED) is 0.782. The molecule has 2 saturated heterocycles. The van der Waals surface area contributed by atoms with Crippen LogP contribution in [0.25, 0.3) is 0 Å². The monoisotopic (exact) mass is 361 g/mol. The van der Waals surface area contributed by atoms with Crippen molar-refractivity contribution < 1.29 is 29.5 Å². The van der Waals surface area contributed by atoms with Crippen LogP contribution in [0.4, 0.5) is 0 Å². The van der Waals surface area contributed by atoms with Gasteiger partial charge in [0.05, 0.1) is 12.5 Å². The maximum absolute atomic E-state index is 12.0. The van der Waals surface area contributed by atoms with E-state index in [1.165, 1.54) is 0 Å². The molecule has 0 aromatic heterocycles. The molecule has 1 aromatic rings. The summed E-state index contributed by atoms with van der Waals surface area (Å²) in [5.74, 6) is 0.314. The van der Waals surface area contributed by atoms with Gasteiger partial charge in [0, 0.05) is 25.9 Å². The van der Waals surface area contributed by atoms with Crippen molar-refractivity contribution in [1.82, 2.24) is 4.90 Å². The van der Waals surface area contributed by atoms with Crippen LogP contribution in [0.3, 0.4) is 0 Å². The second kappa shape index (κ2) is 7.15. The molecule has 0 radical (unpaired) electrons. The first-order chi connectivity index (χ1) is 12.6. The molecule has 3 atom stereocenters. The summed E-state index contributed by atoms with van der Waals surface area (Å²) in [7, 11) is 0. The fourth-order valence-corrected chi connectivity index (χ4v) is 4.45. The highest BCUT2D eigenvalue weighted by Crippen LogP contribution is 2.37. The third-order valence-corrected chi connectivity index (χ3v) is 5.77. The molecule has 7 heteroatoms. The van der Waals surface area contributed by atoms with Crippen LogP contribution in [0.1, 0.15) is 30.7 Å². The predicted molar refractivity (Wildman–Crippen MR) is 92.3 cm³/mol. The molecular formula is C19H25N2O5+. The summed E-state index contributed by atoms with van der Waals surface area (Å²) in [5.41, 5.74) is 0.984. The van der Waals surface area contributed by atoms with Gasteiger partial charge in [0.1, 0.15) is 25.2 Å². The van der Waals surface area contributed by atoms with E-state index in [4.69, 9.17) is 9.47 Å². The summed E-state index contributed by atoms with van der Waals surface area (Å²) in [4.78, 5) is 25.6. The number of rotatable bonds is 5. The average Bonchev–Trinajstić information content (AvgIpc) is 3.25. The summed E-state index contributed by atoms with van der Waals surface area (Å²) >= 11 is 0. The van der Waals surface area contributed by atoms with Gasteiger partial charge in [-0.3, -0.25) is 9.59 Å². The molecule has 140 valence electrons. The van der Waals surface area contributed by atoms with Crippen LogP contribution in [0.5, 0.6) is 11.5 Å². The molecule has 2 unspecified atom stereocenters. The van der Waals surface area contributed by atoms with Gasteiger partial charge in [-0.2, -0.15) is 0 Å². The van der Waals surface area contributed by atoms with Crippen molar-refractivity contribution in [3.05, 3.63) is 23.8 Å². The Morgan fingerprint density at radius 3 is 2.81 bits per heavy atom. The van der Waals surface area contributed by atoms with Gasteiger partial charge >= 0.3 is 5.97 Å². The highest BCUT2D eigenvalue weighted by Gasteiger charge is 2.45. The number of ether oxygens (including phenoxy) is 2. The van der Waals surface area contributed by atoms with Crippen LogP contribution < -0.4 is 14.8 Å². The molecule has 3 heterocycles. The molecule has 0 saturated carbocycles. The first-order valence-corrected chi connectivity index (χ1v) is 9.37. The summed E-state index contributed by atoms with van der Waals surface area (Å²) < 4.78 is 11.2. The third-order valence-electron chi connectivity index (χ3n) is 5.77. The van der Waals surface area contributed by atoms with Crippen LogP contribution in [-0.4, -0.2) is 60.8 Å². The van der Waals surface area contributed by atoms with Crippen molar-refractivity contribution in [2.24, 2.45) is 5.92 Å².